The molecule has 1 saturated heterocycles. The molecule has 166 valence electrons. The van der Waals surface area contributed by atoms with Crippen molar-refractivity contribution in [2.75, 3.05) is 43.4 Å². The number of anilines is 2. The fraction of sp³-hybridized carbons (Fsp3) is 0.417. The largest absolute Gasteiger partial charge is 0.325 e. The van der Waals surface area contributed by atoms with Gasteiger partial charge in [-0.3, -0.25) is 19.4 Å². The molecule has 7 heteroatoms. The molecular formula is C24H31FN4O2. The highest BCUT2D eigenvalue weighted by molar-refractivity contribution is 5.95. The molecule has 1 heterocycles. The molecule has 0 radical (unpaired) electrons. The van der Waals surface area contributed by atoms with Crippen molar-refractivity contribution in [1.82, 2.24) is 9.80 Å². The van der Waals surface area contributed by atoms with Crippen LogP contribution in [0.25, 0.3) is 0 Å². The quantitative estimate of drug-likeness (QED) is 0.744. The van der Waals surface area contributed by atoms with Crippen LogP contribution in [0, 0.1) is 26.6 Å². The van der Waals surface area contributed by atoms with E-state index < -0.39 is 0 Å². The van der Waals surface area contributed by atoms with Gasteiger partial charge in [-0.2, -0.15) is 0 Å². The lowest BCUT2D eigenvalue weighted by molar-refractivity contribution is -0.122. The smallest absolute Gasteiger partial charge is 0.241 e. The number of amides is 2. The molecule has 1 aliphatic rings. The number of aryl methyl sites for hydroxylation is 3. The van der Waals surface area contributed by atoms with E-state index in [0.29, 0.717) is 44.0 Å². The summed E-state index contributed by atoms with van der Waals surface area (Å²) in [5.74, 6) is -0.527. The summed E-state index contributed by atoms with van der Waals surface area (Å²) in [6.07, 6.45) is 0. The maximum Gasteiger partial charge on any atom is 0.241 e. The zero-order valence-electron chi connectivity index (χ0n) is 18.7. The first-order chi connectivity index (χ1) is 14.7. The van der Waals surface area contributed by atoms with Gasteiger partial charge in [0.25, 0.3) is 0 Å². The Morgan fingerprint density at radius 1 is 0.968 bits per heavy atom. The Morgan fingerprint density at radius 3 is 2.23 bits per heavy atom. The van der Waals surface area contributed by atoms with Gasteiger partial charge < -0.3 is 10.6 Å². The molecule has 1 atom stereocenters. The van der Waals surface area contributed by atoms with Crippen molar-refractivity contribution in [2.24, 2.45) is 0 Å². The molecule has 2 aromatic rings. The molecule has 6 nitrogen and oxygen atoms in total. The van der Waals surface area contributed by atoms with Gasteiger partial charge in [0.15, 0.2) is 0 Å². The van der Waals surface area contributed by atoms with Crippen molar-refractivity contribution in [3.63, 3.8) is 0 Å². The van der Waals surface area contributed by atoms with E-state index in [1.807, 2.05) is 39.0 Å². The van der Waals surface area contributed by atoms with Crippen LogP contribution in [-0.4, -0.2) is 60.4 Å². The summed E-state index contributed by atoms with van der Waals surface area (Å²) in [6, 6.07) is 10.3. The monoisotopic (exact) mass is 426 g/mol. The van der Waals surface area contributed by atoms with E-state index in [0.717, 1.165) is 16.8 Å². The van der Waals surface area contributed by atoms with Crippen molar-refractivity contribution in [1.29, 1.82) is 0 Å². The fourth-order valence-corrected chi connectivity index (χ4v) is 3.79. The Hall–Kier alpha value is -2.77. The lowest BCUT2D eigenvalue weighted by atomic mass is 10.1. The van der Waals surface area contributed by atoms with Crippen LogP contribution in [-0.2, 0) is 9.59 Å². The van der Waals surface area contributed by atoms with Crippen LogP contribution >= 0.6 is 0 Å². The third-order valence-electron chi connectivity index (χ3n) is 5.89. The van der Waals surface area contributed by atoms with Gasteiger partial charge in [-0.05, 0) is 56.5 Å². The highest BCUT2D eigenvalue weighted by Gasteiger charge is 2.26. The number of hydrogen-bond acceptors (Lipinski definition) is 4. The van der Waals surface area contributed by atoms with Gasteiger partial charge in [0.05, 0.1) is 12.6 Å². The van der Waals surface area contributed by atoms with Gasteiger partial charge in [0.1, 0.15) is 5.82 Å². The summed E-state index contributed by atoms with van der Waals surface area (Å²) in [7, 11) is 0. The molecule has 1 aliphatic heterocycles. The molecule has 3 rings (SSSR count). The van der Waals surface area contributed by atoms with Crippen LogP contribution in [0.4, 0.5) is 15.8 Å². The minimum Gasteiger partial charge on any atom is -0.325 e. The molecule has 1 fully saturated rings. The highest BCUT2D eigenvalue weighted by atomic mass is 19.1. The van der Waals surface area contributed by atoms with E-state index in [9.17, 15) is 14.0 Å². The zero-order valence-corrected chi connectivity index (χ0v) is 18.7. The van der Waals surface area contributed by atoms with E-state index >= 15 is 0 Å². The third kappa shape index (κ3) is 5.89. The molecule has 2 amide bonds. The number of piperazine rings is 1. The normalized spacial score (nSPS) is 16.0. The number of carbonyl (C=O) groups excluding carboxylic acids is 2. The minimum atomic E-state index is -0.338. The molecule has 0 saturated carbocycles. The molecule has 2 N–H and O–H groups in total. The predicted octanol–water partition coefficient (Wildman–Crippen LogP) is 3.33. The van der Waals surface area contributed by atoms with Crippen LogP contribution in [0.15, 0.2) is 36.4 Å². The van der Waals surface area contributed by atoms with Crippen molar-refractivity contribution in [3.05, 3.63) is 58.9 Å². The van der Waals surface area contributed by atoms with Gasteiger partial charge in [-0.15, -0.1) is 0 Å². The summed E-state index contributed by atoms with van der Waals surface area (Å²) in [4.78, 5) is 29.3. The molecule has 0 aliphatic carbocycles. The summed E-state index contributed by atoms with van der Waals surface area (Å²) in [5, 5.41) is 5.81. The van der Waals surface area contributed by atoms with Gasteiger partial charge >= 0.3 is 0 Å². The molecule has 0 aromatic heterocycles. The summed E-state index contributed by atoms with van der Waals surface area (Å²) >= 11 is 0. The van der Waals surface area contributed by atoms with Crippen LogP contribution in [0.3, 0.4) is 0 Å². The second-order valence-corrected chi connectivity index (χ2v) is 8.26. The lowest BCUT2D eigenvalue weighted by Crippen LogP contribution is -2.53. The number of benzene rings is 2. The summed E-state index contributed by atoms with van der Waals surface area (Å²) in [6.45, 7) is 10.6. The minimum absolute atomic E-state index is 0.0296. The van der Waals surface area contributed by atoms with Crippen LogP contribution < -0.4 is 10.6 Å². The van der Waals surface area contributed by atoms with Crippen molar-refractivity contribution < 1.29 is 14.0 Å². The third-order valence-corrected chi connectivity index (χ3v) is 5.89. The Kier molecular flexibility index (Phi) is 7.41. The first kappa shape index (κ1) is 22.9. The molecule has 2 aromatic carbocycles. The number of rotatable bonds is 6. The molecule has 0 bridgehead atoms. The predicted molar refractivity (Wildman–Crippen MR) is 122 cm³/mol. The van der Waals surface area contributed by atoms with Crippen molar-refractivity contribution in [2.45, 2.75) is 33.7 Å². The van der Waals surface area contributed by atoms with Crippen LogP contribution in [0.2, 0.25) is 0 Å². The van der Waals surface area contributed by atoms with Crippen LogP contribution in [0.5, 0.6) is 0 Å². The number of para-hydroxylation sites is 1. The van der Waals surface area contributed by atoms with E-state index in [1.165, 1.54) is 6.07 Å². The molecule has 1 unspecified atom stereocenters. The molecule has 0 spiro atoms. The Morgan fingerprint density at radius 2 is 1.61 bits per heavy atom. The maximum absolute atomic E-state index is 13.7. The zero-order chi connectivity index (χ0) is 22.5. The summed E-state index contributed by atoms with van der Waals surface area (Å²) < 4.78 is 13.7. The number of carbonyl (C=O) groups is 2. The fourth-order valence-electron chi connectivity index (χ4n) is 3.79. The SMILES string of the molecule is Cc1ccc(NC(=O)C(C)N2CCN(CC(=O)Nc3c(C)cccc3C)CC2)cc1F. The van der Waals surface area contributed by atoms with Gasteiger partial charge in [0.2, 0.25) is 11.8 Å². The molecule has 31 heavy (non-hydrogen) atoms. The number of halogens is 1. The van der Waals surface area contributed by atoms with Crippen molar-refractivity contribution >= 4 is 23.2 Å². The molecular weight excluding hydrogens is 395 g/mol. The topological polar surface area (TPSA) is 64.7 Å². The van der Waals surface area contributed by atoms with Crippen LogP contribution in [0.1, 0.15) is 23.6 Å². The second-order valence-electron chi connectivity index (χ2n) is 8.26. The Balaban J connectivity index is 1.47. The number of nitrogens with zero attached hydrogens (tertiary/aromatic N) is 2. The highest BCUT2D eigenvalue weighted by Crippen LogP contribution is 2.19. The average Bonchev–Trinajstić information content (AvgIpc) is 2.73. The Labute approximate surface area is 183 Å². The van der Waals surface area contributed by atoms with Gasteiger partial charge in [0, 0.05) is 37.6 Å². The lowest BCUT2D eigenvalue weighted by Gasteiger charge is -2.37. The number of hydrogen-bond donors (Lipinski definition) is 2. The maximum atomic E-state index is 13.7. The van der Waals surface area contributed by atoms with E-state index in [2.05, 4.69) is 20.4 Å². The first-order valence-electron chi connectivity index (χ1n) is 10.6. The van der Waals surface area contributed by atoms with Gasteiger partial charge in [-0.1, -0.05) is 24.3 Å². The van der Waals surface area contributed by atoms with E-state index in [-0.39, 0.29) is 23.7 Å². The van der Waals surface area contributed by atoms with Crippen molar-refractivity contribution in [3.8, 4) is 0 Å². The van der Waals surface area contributed by atoms with E-state index in [4.69, 9.17) is 0 Å². The van der Waals surface area contributed by atoms with E-state index in [1.54, 1.807) is 19.1 Å². The standard InChI is InChI=1S/C24H31FN4O2/c1-16-8-9-20(14-21(16)25)26-24(31)19(4)29-12-10-28(11-13-29)15-22(30)27-23-17(2)6-5-7-18(23)3/h5-9,14,19H,10-13,15H2,1-4H3,(H,26,31)(H,27,30). The number of nitrogens with one attached hydrogen (secondary N) is 2. The Bertz CT molecular complexity index is 934. The first-order valence-corrected chi connectivity index (χ1v) is 10.6. The average molecular weight is 427 g/mol. The second kappa shape index (κ2) is 10.0. The summed E-state index contributed by atoms with van der Waals surface area (Å²) in [5.41, 5.74) is 3.98. The van der Waals surface area contributed by atoms with Gasteiger partial charge in [-0.25, -0.2) is 4.39 Å².